The van der Waals surface area contributed by atoms with E-state index in [4.69, 9.17) is 0 Å². The van der Waals surface area contributed by atoms with Gasteiger partial charge in [-0.05, 0) is 17.5 Å². The summed E-state index contributed by atoms with van der Waals surface area (Å²) in [6.45, 7) is 0.276. The first-order valence-electron chi connectivity index (χ1n) is 6.95. The van der Waals surface area contributed by atoms with E-state index in [1.165, 1.54) is 4.90 Å². The average molecular weight is 288 g/mol. The minimum absolute atomic E-state index is 0.155. The summed E-state index contributed by atoms with van der Waals surface area (Å²) in [7, 11) is 0. The lowest BCUT2D eigenvalue weighted by atomic mass is 9.93. The van der Waals surface area contributed by atoms with Gasteiger partial charge in [0.1, 0.15) is 12.1 Å². The Labute approximate surface area is 121 Å². The highest BCUT2D eigenvalue weighted by Gasteiger charge is 2.39. The number of carbonyl (C=O) groups excluding carboxylic acids is 2. The van der Waals surface area contributed by atoms with Gasteiger partial charge in [0.05, 0.1) is 0 Å². The molecule has 1 aromatic carbocycles. The van der Waals surface area contributed by atoms with E-state index >= 15 is 0 Å². The zero-order chi connectivity index (χ0) is 15.0. The van der Waals surface area contributed by atoms with Crippen molar-refractivity contribution in [2.45, 2.75) is 37.9 Å². The first kappa shape index (κ1) is 13.6. The summed E-state index contributed by atoms with van der Waals surface area (Å²) in [5.41, 5.74) is 1.93. The van der Waals surface area contributed by atoms with Gasteiger partial charge in [-0.15, -0.1) is 0 Å². The average Bonchev–Trinajstić information content (AvgIpc) is 2.91. The van der Waals surface area contributed by atoms with Crippen LogP contribution in [0.3, 0.4) is 0 Å². The van der Waals surface area contributed by atoms with Gasteiger partial charge in [-0.3, -0.25) is 9.59 Å². The van der Waals surface area contributed by atoms with Crippen molar-refractivity contribution in [1.29, 1.82) is 0 Å². The van der Waals surface area contributed by atoms with Gasteiger partial charge in [-0.2, -0.15) is 0 Å². The van der Waals surface area contributed by atoms with E-state index < -0.39 is 18.1 Å². The van der Waals surface area contributed by atoms with Gasteiger partial charge in [-0.1, -0.05) is 24.3 Å². The van der Waals surface area contributed by atoms with Crippen LogP contribution in [0.4, 0.5) is 0 Å². The molecule has 0 bridgehead atoms. The Morgan fingerprint density at radius 1 is 1.24 bits per heavy atom. The molecule has 0 saturated carbocycles. The summed E-state index contributed by atoms with van der Waals surface area (Å²) in [6.07, 6.45) is 1.05. The Morgan fingerprint density at radius 3 is 2.57 bits per heavy atom. The lowest BCUT2D eigenvalue weighted by Gasteiger charge is -2.35. The predicted molar refractivity (Wildman–Crippen MR) is 73.3 cm³/mol. The summed E-state index contributed by atoms with van der Waals surface area (Å²) >= 11 is 0. The number of carboxylic acid groups (broad SMARTS) is 1. The molecule has 2 heterocycles. The van der Waals surface area contributed by atoms with Crippen LogP contribution in [0.5, 0.6) is 0 Å². The molecule has 0 aliphatic carbocycles. The largest absolute Gasteiger partial charge is 0.480 e. The molecule has 2 aliphatic rings. The Hall–Kier alpha value is -2.37. The van der Waals surface area contributed by atoms with Crippen LogP contribution in [-0.4, -0.2) is 39.9 Å². The molecule has 0 aromatic heterocycles. The second-order valence-corrected chi connectivity index (χ2v) is 5.45. The fourth-order valence-electron chi connectivity index (χ4n) is 2.97. The topological polar surface area (TPSA) is 86.7 Å². The van der Waals surface area contributed by atoms with Crippen molar-refractivity contribution in [2.75, 3.05) is 0 Å². The number of aliphatic carboxylic acids is 1. The van der Waals surface area contributed by atoms with Crippen LogP contribution in [0.2, 0.25) is 0 Å². The standard InChI is InChI=1S/C15H16N2O4/c18-13-6-5-11(16-13)14(19)17-8-10-4-2-1-3-9(10)7-12(17)15(20)21/h1-4,11-12H,5-8H2,(H,16,18)(H,20,21)/t11-,12-/m1/s1. The minimum Gasteiger partial charge on any atom is -0.480 e. The fourth-order valence-corrected chi connectivity index (χ4v) is 2.97. The number of nitrogens with one attached hydrogen (secondary N) is 1. The number of carboxylic acids is 1. The number of hydrogen-bond donors (Lipinski definition) is 2. The fraction of sp³-hybridized carbons (Fsp3) is 0.400. The summed E-state index contributed by atoms with van der Waals surface area (Å²) in [5, 5.41) is 12.0. The lowest BCUT2D eigenvalue weighted by Crippen LogP contribution is -2.53. The third-order valence-electron chi connectivity index (χ3n) is 4.11. The maximum Gasteiger partial charge on any atom is 0.326 e. The van der Waals surface area contributed by atoms with E-state index in [1.54, 1.807) is 0 Å². The number of fused-ring (bicyclic) bond motifs is 1. The van der Waals surface area contributed by atoms with Gasteiger partial charge in [0, 0.05) is 19.4 Å². The zero-order valence-electron chi connectivity index (χ0n) is 11.4. The van der Waals surface area contributed by atoms with Gasteiger partial charge in [0.2, 0.25) is 11.8 Å². The van der Waals surface area contributed by atoms with Crippen LogP contribution in [0, 0.1) is 0 Å². The molecule has 3 rings (SSSR count). The van der Waals surface area contributed by atoms with Crippen molar-refractivity contribution in [3.8, 4) is 0 Å². The Kier molecular flexibility index (Phi) is 3.37. The number of carbonyl (C=O) groups is 3. The summed E-state index contributed by atoms with van der Waals surface area (Å²) in [4.78, 5) is 36.6. The second-order valence-electron chi connectivity index (χ2n) is 5.45. The number of amides is 2. The third-order valence-corrected chi connectivity index (χ3v) is 4.11. The molecule has 6 nitrogen and oxygen atoms in total. The quantitative estimate of drug-likeness (QED) is 0.819. The third kappa shape index (κ3) is 2.49. The van der Waals surface area contributed by atoms with Gasteiger partial charge in [0.15, 0.2) is 0 Å². The molecule has 1 fully saturated rings. The second kappa shape index (κ2) is 5.20. The summed E-state index contributed by atoms with van der Waals surface area (Å²) < 4.78 is 0. The molecule has 2 amide bonds. The van der Waals surface area contributed by atoms with E-state index in [0.29, 0.717) is 19.3 Å². The molecule has 21 heavy (non-hydrogen) atoms. The number of benzene rings is 1. The van der Waals surface area contributed by atoms with Gasteiger partial charge in [-0.25, -0.2) is 4.79 Å². The van der Waals surface area contributed by atoms with E-state index in [0.717, 1.165) is 11.1 Å². The highest BCUT2D eigenvalue weighted by molar-refractivity contribution is 5.93. The Bertz CT molecular complexity index is 613. The van der Waals surface area contributed by atoms with Crippen molar-refractivity contribution in [2.24, 2.45) is 0 Å². The first-order valence-corrected chi connectivity index (χ1v) is 6.95. The van der Waals surface area contributed by atoms with E-state index in [2.05, 4.69) is 5.32 Å². The van der Waals surface area contributed by atoms with Crippen LogP contribution in [0.25, 0.3) is 0 Å². The molecule has 2 N–H and O–H groups in total. The molecule has 0 unspecified atom stereocenters. The van der Waals surface area contributed by atoms with Crippen LogP contribution < -0.4 is 5.32 Å². The molecule has 110 valence electrons. The molecule has 2 atom stereocenters. The van der Waals surface area contributed by atoms with E-state index in [-0.39, 0.29) is 18.4 Å². The van der Waals surface area contributed by atoms with E-state index in [9.17, 15) is 19.5 Å². The van der Waals surface area contributed by atoms with Gasteiger partial charge < -0.3 is 15.3 Å². The molecule has 1 aromatic rings. The van der Waals surface area contributed by atoms with Crippen LogP contribution >= 0.6 is 0 Å². The zero-order valence-corrected chi connectivity index (χ0v) is 11.4. The van der Waals surface area contributed by atoms with Crippen molar-refractivity contribution in [3.05, 3.63) is 35.4 Å². The van der Waals surface area contributed by atoms with Crippen molar-refractivity contribution in [3.63, 3.8) is 0 Å². The highest BCUT2D eigenvalue weighted by Crippen LogP contribution is 2.25. The minimum atomic E-state index is -1.01. The van der Waals surface area contributed by atoms with Crippen molar-refractivity contribution < 1.29 is 19.5 Å². The van der Waals surface area contributed by atoms with Gasteiger partial charge in [0.25, 0.3) is 0 Å². The number of nitrogens with zero attached hydrogens (tertiary/aromatic N) is 1. The predicted octanol–water partition coefficient (Wildman–Crippen LogP) is 0.303. The SMILES string of the molecule is O=C1CC[C@H](C(=O)N2Cc3ccccc3C[C@@H]2C(=O)O)N1. The van der Waals surface area contributed by atoms with E-state index in [1.807, 2.05) is 24.3 Å². The summed E-state index contributed by atoms with van der Waals surface area (Å²) in [6, 6.07) is 6.08. The molecule has 2 aliphatic heterocycles. The van der Waals surface area contributed by atoms with Crippen molar-refractivity contribution >= 4 is 17.8 Å². The maximum atomic E-state index is 12.5. The van der Waals surface area contributed by atoms with Crippen LogP contribution in [0.1, 0.15) is 24.0 Å². The Morgan fingerprint density at radius 2 is 1.95 bits per heavy atom. The molecular weight excluding hydrogens is 272 g/mol. The number of hydrogen-bond acceptors (Lipinski definition) is 3. The summed E-state index contributed by atoms with van der Waals surface area (Å²) in [5.74, 6) is -1.47. The van der Waals surface area contributed by atoms with Crippen LogP contribution in [0.15, 0.2) is 24.3 Å². The lowest BCUT2D eigenvalue weighted by molar-refractivity contribution is -0.152. The molecule has 1 saturated heterocycles. The van der Waals surface area contributed by atoms with Crippen LogP contribution in [-0.2, 0) is 27.3 Å². The normalized spacial score (nSPS) is 24.4. The molecule has 0 spiro atoms. The Balaban J connectivity index is 1.87. The highest BCUT2D eigenvalue weighted by atomic mass is 16.4. The van der Waals surface area contributed by atoms with Crippen molar-refractivity contribution in [1.82, 2.24) is 10.2 Å². The number of rotatable bonds is 2. The monoisotopic (exact) mass is 288 g/mol. The maximum absolute atomic E-state index is 12.5. The molecule has 0 radical (unpaired) electrons. The molecule has 6 heteroatoms. The smallest absolute Gasteiger partial charge is 0.326 e. The molecular formula is C15H16N2O4. The van der Waals surface area contributed by atoms with Gasteiger partial charge >= 0.3 is 5.97 Å². The first-order chi connectivity index (χ1) is 10.1.